The van der Waals surface area contributed by atoms with E-state index in [-0.39, 0.29) is 5.92 Å². The van der Waals surface area contributed by atoms with Crippen molar-refractivity contribution in [2.75, 3.05) is 12.4 Å². The van der Waals surface area contributed by atoms with Crippen LogP contribution < -0.4 is 10.6 Å². The molecule has 5 heteroatoms. The van der Waals surface area contributed by atoms with Gasteiger partial charge in [0.05, 0.1) is 7.11 Å². The van der Waals surface area contributed by atoms with Crippen molar-refractivity contribution in [1.29, 1.82) is 0 Å². The second-order valence-corrected chi connectivity index (χ2v) is 5.30. The third kappa shape index (κ3) is 4.77. The number of ether oxygens (including phenoxy) is 1. The second-order valence-electron chi connectivity index (χ2n) is 5.30. The molecule has 0 bridgehead atoms. The van der Waals surface area contributed by atoms with Crippen LogP contribution in [-0.2, 0) is 9.53 Å². The van der Waals surface area contributed by atoms with E-state index in [4.69, 9.17) is 4.74 Å². The van der Waals surface area contributed by atoms with E-state index in [0.29, 0.717) is 0 Å². The lowest BCUT2D eigenvalue weighted by molar-refractivity contribution is -0.144. The highest BCUT2D eigenvalue weighted by molar-refractivity contribution is 5.93. The van der Waals surface area contributed by atoms with Gasteiger partial charge < -0.3 is 15.4 Å². The number of hydrogen-bond acceptors (Lipinski definition) is 3. The molecule has 116 valence electrons. The van der Waals surface area contributed by atoms with Gasteiger partial charge in [0.15, 0.2) is 0 Å². The molecular weight excluding hydrogens is 268 g/mol. The maximum atomic E-state index is 12.1. The summed E-state index contributed by atoms with van der Waals surface area (Å²) in [6.07, 6.45) is 0.767. The van der Waals surface area contributed by atoms with Crippen molar-refractivity contribution >= 4 is 17.7 Å². The van der Waals surface area contributed by atoms with E-state index >= 15 is 0 Å². The molecule has 0 aromatic heterocycles. The summed E-state index contributed by atoms with van der Waals surface area (Å²) in [5.74, 6) is -0.428. The largest absolute Gasteiger partial charge is 0.467 e. The van der Waals surface area contributed by atoms with E-state index in [2.05, 4.69) is 10.6 Å². The molecule has 0 unspecified atom stereocenters. The van der Waals surface area contributed by atoms with Gasteiger partial charge >= 0.3 is 12.0 Å². The van der Waals surface area contributed by atoms with E-state index < -0.39 is 18.0 Å². The van der Waals surface area contributed by atoms with Crippen LogP contribution in [0.15, 0.2) is 18.2 Å². The second kappa shape index (κ2) is 7.67. The Morgan fingerprint density at radius 3 is 2.48 bits per heavy atom. The Hall–Kier alpha value is -2.04. The van der Waals surface area contributed by atoms with Gasteiger partial charge in [0.25, 0.3) is 0 Å². The summed E-state index contributed by atoms with van der Waals surface area (Å²) < 4.78 is 4.74. The van der Waals surface area contributed by atoms with Gasteiger partial charge in [-0.15, -0.1) is 0 Å². The van der Waals surface area contributed by atoms with Crippen LogP contribution in [0.4, 0.5) is 10.5 Å². The number of nitrogens with one attached hydrogen (secondary N) is 2. The summed E-state index contributed by atoms with van der Waals surface area (Å²) in [6.45, 7) is 7.78. The highest BCUT2D eigenvalue weighted by Crippen LogP contribution is 2.16. The van der Waals surface area contributed by atoms with E-state index in [1.807, 2.05) is 45.9 Å². The Labute approximate surface area is 126 Å². The molecule has 0 radical (unpaired) electrons. The number of carbonyl (C=O) groups is 2. The quantitative estimate of drug-likeness (QED) is 0.820. The van der Waals surface area contributed by atoms with Crippen LogP contribution in [0.3, 0.4) is 0 Å². The minimum Gasteiger partial charge on any atom is -0.467 e. The van der Waals surface area contributed by atoms with Crippen molar-refractivity contribution in [3.05, 3.63) is 29.3 Å². The first-order valence-corrected chi connectivity index (χ1v) is 7.11. The number of methoxy groups -OCH3 is 1. The zero-order chi connectivity index (χ0) is 16.0. The molecule has 0 aliphatic heterocycles. The van der Waals surface area contributed by atoms with Crippen molar-refractivity contribution in [2.24, 2.45) is 5.92 Å². The minimum absolute atomic E-state index is 0.00214. The lowest BCUT2D eigenvalue weighted by atomic mass is 9.99. The molecule has 0 saturated heterocycles. The smallest absolute Gasteiger partial charge is 0.328 e. The number of aryl methyl sites for hydroxylation is 2. The predicted octanol–water partition coefficient (Wildman–Crippen LogP) is 3.01. The third-order valence-electron chi connectivity index (χ3n) is 3.58. The normalized spacial score (nSPS) is 13.2. The highest BCUT2D eigenvalue weighted by atomic mass is 16.5. The van der Waals surface area contributed by atoms with E-state index in [9.17, 15) is 9.59 Å². The average molecular weight is 292 g/mol. The number of benzene rings is 1. The first-order valence-electron chi connectivity index (χ1n) is 7.11. The molecule has 0 fully saturated rings. The van der Waals surface area contributed by atoms with E-state index in [1.54, 1.807) is 0 Å². The molecular formula is C16H24N2O3. The fourth-order valence-electron chi connectivity index (χ4n) is 2.05. The number of anilines is 1. The van der Waals surface area contributed by atoms with Gasteiger partial charge in [-0.3, -0.25) is 0 Å². The van der Waals surface area contributed by atoms with Crippen LogP contribution in [0.5, 0.6) is 0 Å². The van der Waals surface area contributed by atoms with Gasteiger partial charge in [-0.25, -0.2) is 9.59 Å². The highest BCUT2D eigenvalue weighted by Gasteiger charge is 2.26. The Balaban J connectivity index is 2.76. The predicted molar refractivity (Wildman–Crippen MR) is 83.3 cm³/mol. The molecule has 1 aromatic carbocycles. The topological polar surface area (TPSA) is 67.4 Å². The van der Waals surface area contributed by atoms with Gasteiger partial charge in [0.2, 0.25) is 0 Å². The molecule has 5 nitrogen and oxygen atoms in total. The zero-order valence-corrected chi connectivity index (χ0v) is 13.3. The Kier molecular flexibility index (Phi) is 6.21. The first-order chi connectivity index (χ1) is 9.88. The summed E-state index contributed by atoms with van der Waals surface area (Å²) >= 11 is 0. The van der Waals surface area contributed by atoms with Crippen LogP contribution in [0.2, 0.25) is 0 Å². The van der Waals surface area contributed by atoms with Crippen LogP contribution >= 0.6 is 0 Å². The minimum atomic E-state index is -0.647. The van der Waals surface area contributed by atoms with E-state index in [1.165, 1.54) is 7.11 Å². The summed E-state index contributed by atoms with van der Waals surface area (Å²) in [5.41, 5.74) is 2.83. The van der Waals surface area contributed by atoms with Crippen LogP contribution in [0.1, 0.15) is 31.4 Å². The molecule has 1 aromatic rings. The lowest BCUT2D eigenvalue weighted by Crippen LogP contribution is -2.47. The summed E-state index contributed by atoms with van der Waals surface area (Å²) in [4.78, 5) is 23.8. The molecule has 0 heterocycles. The SMILES string of the molecule is CC[C@H](C)[C@H](NC(=O)Nc1ccc(C)cc1C)C(=O)OC. The van der Waals surface area contributed by atoms with E-state index in [0.717, 1.165) is 23.2 Å². The van der Waals surface area contributed by atoms with Crippen molar-refractivity contribution in [3.63, 3.8) is 0 Å². The lowest BCUT2D eigenvalue weighted by Gasteiger charge is -2.22. The van der Waals surface area contributed by atoms with Crippen LogP contribution in [0, 0.1) is 19.8 Å². The van der Waals surface area contributed by atoms with Gasteiger partial charge in [-0.1, -0.05) is 38.0 Å². The summed E-state index contributed by atoms with van der Waals surface area (Å²) in [5, 5.41) is 5.45. The molecule has 21 heavy (non-hydrogen) atoms. The van der Waals surface area contributed by atoms with Crippen LogP contribution in [0.25, 0.3) is 0 Å². The number of esters is 1. The monoisotopic (exact) mass is 292 g/mol. The molecule has 0 saturated carbocycles. The third-order valence-corrected chi connectivity index (χ3v) is 3.58. The van der Waals surface area contributed by atoms with Gasteiger partial charge in [0, 0.05) is 5.69 Å². The fraction of sp³-hybridized carbons (Fsp3) is 0.500. The Morgan fingerprint density at radius 1 is 1.29 bits per heavy atom. The molecule has 2 atom stereocenters. The summed E-state index contributed by atoms with van der Waals surface area (Å²) in [6, 6.07) is 4.71. The van der Waals surface area contributed by atoms with Crippen molar-refractivity contribution < 1.29 is 14.3 Å². The van der Waals surface area contributed by atoms with Crippen molar-refractivity contribution in [1.82, 2.24) is 5.32 Å². The first kappa shape index (κ1) is 17.0. The zero-order valence-electron chi connectivity index (χ0n) is 13.3. The number of urea groups is 1. The Bertz CT molecular complexity index is 514. The number of carbonyl (C=O) groups excluding carboxylic acids is 2. The van der Waals surface area contributed by atoms with Gasteiger partial charge in [-0.05, 0) is 31.4 Å². The number of rotatable bonds is 5. The van der Waals surface area contributed by atoms with Crippen LogP contribution in [-0.4, -0.2) is 25.2 Å². The van der Waals surface area contributed by atoms with Crippen molar-refractivity contribution in [3.8, 4) is 0 Å². The number of hydrogen-bond donors (Lipinski definition) is 2. The standard InChI is InChI=1S/C16H24N2O3/c1-6-11(3)14(15(19)21-5)18-16(20)17-13-8-7-10(2)9-12(13)4/h7-9,11,14H,6H2,1-5H3,(H2,17,18,20)/t11-,14-/m0/s1. The molecule has 1 rings (SSSR count). The van der Waals surface area contributed by atoms with Gasteiger partial charge in [0.1, 0.15) is 6.04 Å². The average Bonchev–Trinajstić information content (AvgIpc) is 2.46. The number of amides is 2. The molecule has 2 N–H and O–H groups in total. The molecule has 2 amide bonds. The maximum Gasteiger partial charge on any atom is 0.328 e. The Morgan fingerprint density at radius 2 is 1.95 bits per heavy atom. The molecule has 0 aliphatic carbocycles. The summed E-state index contributed by atoms with van der Waals surface area (Å²) in [7, 11) is 1.32. The van der Waals surface area contributed by atoms with Crippen molar-refractivity contribution in [2.45, 2.75) is 40.2 Å². The van der Waals surface area contributed by atoms with Gasteiger partial charge in [-0.2, -0.15) is 0 Å². The maximum absolute atomic E-state index is 12.1. The fourth-order valence-corrected chi connectivity index (χ4v) is 2.05. The molecule has 0 spiro atoms. The molecule has 0 aliphatic rings.